The topological polar surface area (TPSA) is 6.48 Å². The maximum absolute atomic E-state index is 2.71. The van der Waals surface area contributed by atoms with Gasteiger partial charge in [-0.05, 0) is 17.7 Å². The molecule has 0 bridgehead atoms. The fourth-order valence-electron chi connectivity index (χ4n) is 2.94. The second-order valence-corrected chi connectivity index (χ2v) is 6.46. The van der Waals surface area contributed by atoms with Gasteiger partial charge in [0.25, 0.3) is 0 Å². The molecule has 3 heteroatoms. The van der Waals surface area contributed by atoms with E-state index in [1.54, 1.807) is 0 Å². The molecule has 1 aromatic rings. The SMILES string of the molecule is c1ccc(CN2CCN([C@H]3CCSC3)CC2)cc1. The third kappa shape index (κ3) is 3.08. The Labute approximate surface area is 114 Å². The van der Waals surface area contributed by atoms with Crippen molar-refractivity contribution in [2.45, 2.75) is 19.0 Å². The molecule has 0 saturated carbocycles. The number of thioether (sulfide) groups is 1. The molecule has 0 amide bonds. The first-order valence-electron chi connectivity index (χ1n) is 7.00. The van der Waals surface area contributed by atoms with Gasteiger partial charge in [0.2, 0.25) is 0 Å². The first kappa shape index (κ1) is 12.5. The van der Waals surface area contributed by atoms with Crippen molar-refractivity contribution in [3.63, 3.8) is 0 Å². The molecule has 2 heterocycles. The van der Waals surface area contributed by atoms with Crippen molar-refractivity contribution in [2.24, 2.45) is 0 Å². The minimum Gasteiger partial charge on any atom is -0.297 e. The van der Waals surface area contributed by atoms with Crippen molar-refractivity contribution < 1.29 is 0 Å². The van der Waals surface area contributed by atoms with Crippen LogP contribution in [-0.4, -0.2) is 53.5 Å². The molecule has 0 radical (unpaired) electrons. The van der Waals surface area contributed by atoms with E-state index >= 15 is 0 Å². The Hall–Kier alpha value is -0.510. The first-order valence-corrected chi connectivity index (χ1v) is 8.15. The van der Waals surface area contributed by atoms with Gasteiger partial charge in [0.15, 0.2) is 0 Å². The summed E-state index contributed by atoms with van der Waals surface area (Å²) in [6, 6.07) is 11.7. The third-order valence-corrected chi connectivity index (χ3v) is 5.22. The second-order valence-electron chi connectivity index (χ2n) is 5.32. The minimum absolute atomic E-state index is 0.869. The molecule has 2 aliphatic rings. The van der Waals surface area contributed by atoms with Crippen molar-refractivity contribution >= 4 is 11.8 Å². The summed E-state index contributed by atoms with van der Waals surface area (Å²) >= 11 is 2.12. The number of piperazine rings is 1. The first-order chi connectivity index (χ1) is 8.92. The lowest BCUT2D eigenvalue weighted by Gasteiger charge is -2.37. The quantitative estimate of drug-likeness (QED) is 0.825. The molecule has 0 unspecified atom stereocenters. The molecule has 1 aromatic carbocycles. The third-order valence-electron chi connectivity index (χ3n) is 4.08. The lowest BCUT2D eigenvalue weighted by Crippen LogP contribution is -2.50. The normalized spacial score (nSPS) is 26.6. The highest BCUT2D eigenvalue weighted by atomic mass is 32.2. The molecular formula is C15H22N2S. The van der Waals surface area contributed by atoms with Gasteiger partial charge in [0.1, 0.15) is 0 Å². The zero-order valence-corrected chi connectivity index (χ0v) is 11.7. The van der Waals surface area contributed by atoms with Gasteiger partial charge in [0.05, 0.1) is 0 Å². The Morgan fingerprint density at radius 2 is 1.83 bits per heavy atom. The van der Waals surface area contributed by atoms with Gasteiger partial charge in [-0.25, -0.2) is 0 Å². The minimum atomic E-state index is 0.869. The monoisotopic (exact) mass is 262 g/mol. The van der Waals surface area contributed by atoms with Crippen molar-refractivity contribution in [3.05, 3.63) is 35.9 Å². The van der Waals surface area contributed by atoms with Gasteiger partial charge < -0.3 is 0 Å². The van der Waals surface area contributed by atoms with Crippen LogP contribution in [0.3, 0.4) is 0 Å². The van der Waals surface area contributed by atoms with Crippen molar-refractivity contribution in [1.29, 1.82) is 0 Å². The lowest BCUT2D eigenvalue weighted by atomic mass is 10.1. The molecule has 2 nitrogen and oxygen atoms in total. The van der Waals surface area contributed by atoms with Crippen molar-refractivity contribution in [1.82, 2.24) is 9.80 Å². The summed E-state index contributed by atoms with van der Waals surface area (Å²) in [6.07, 6.45) is 1.41. The van der Waals surface area contributed by atoms with E-state index in [4.69, 9.17) is 0 Å². The number of nitrogens with zero attached hydrogens (tertiary/aromatic N) is 2. The molecule has 2 aliphatic heterocycles. The maximum atomic E-state index is 2.71. The molecule has 3 rings (SSSR count). The predicted molar refractivity (Wildman–Crippen MR) is 79.0 cm³/mol. The van der Waals surface area contributed by atoms with E-state index in [9.17, 15) is 0 Å². The summed E-state index contributed by atoms with van der Waals surface area (Å²) in [6.45, 7) is 6.11. The highest BCUT2D eigenvalue weighted by Crippen LogP contribution is 2.23. The van der Waals surface area contributed by atoms with E-state index in [0.29, 0.717) is 0 Å². The van der Waals surface area contributed by atoms with Crippen molar-refractivity contribution in [3.8, 4) is 0 Å². The van der Waals surface area contributed by atoms with Crippen LogP contribution in [0, 0.1) is 0 Å². The summed E-state index contributed by atoms with van der Waals surface area (Å²) in [5.74, 6) is 2.73. The van der Waals surface area contributed by atoms with Gasteiger partial charge in [0, 0.05) is 44.5 Å². The zero-order valence-electron chi connectivity index (χ0n) is 10.9. The Kier molecular flexibility index (Phi) is 4.24. The van der Waals surface area contributed by atoms with Gasteiger partial charge in [-0.2, -0.15) is 11.8 Å². The zero-order chi connectivity index (χ0) is 12.2. The molecule has 0 spiro atoms. The summed E-state index contributed by atoms with van der Waals surface area (Å²) in [7, 11) is 0. The van der Waals surface area contributed by atoms with Crippen LogP contribution in [0.2, 0.25) is 0 Å². The second kappa shape index (κ2) is 6.09. The molecule has 0 aliphatic carbocycles. The lowest BCUT2D eigenvalue weighted by molar-refractivity contribution is 0.100. The molecule has 0 N–H and O–H groups in total. The molecule has 2 saturated heterocycles. The molecule has 98 valence electrons. The van der Waals surface area contributed by atoms with E-state index < -0.39 is 0 Å². The summed E-state index contributed by atoms with van der Waals surface area (Å²) in [4.78, 5) is 5.30. The van der Waals surface area contributed by atoms with Crippen LogP contribution >= 0.6 is 11.8 Å². The fourth-order valence-corrected chi connectivity index (χ4v) is 4.19. The van der Waals surface area contributed by atoms with E-state index in [1.165, 1.54) is 49.7 Å². The molecule has 18 heavy (non-hydrogen) atoms. The fraction of sp³-hybridized carbons (Fsp3) is 0.600. The van der Waals surface area contributed by atoms with Crippen LogP contribution in [0.4, 0.5) is 0 Å². The number of hydrogen-bond acceptors (Lipinski definition) is 3. The van der Waals surface area contributed by atoms with E-state index in [0.717, 1.165) is 12.6 Å². The smallest absolute Gasteiger partial charge is 0.0234 e. The largest absolute Gasteiger partial charge is 0.297 e. The number of benzene rings is 1. The maximum Gasteiger partial charge on any atom is 0.0234 e. The van der Waals surface area contributed by atoms with Gasteiger partial charge in [-0.3, -0.25) is 9.80 Å². The van der Waals surface area contributed by atoms with Crippen LogP contribution < -0.4 is 0 Å². The van der Waals surface area contributed by atoms with Crippen LogP contribution in [0.1, 0.15) is 12.0 Å². The Bertz CT molecular complexity index is 354. The van der Waals surface area contributed by atoms with Crippen LogP contribution in [0.25, 0.3) is 0 Å². The Balaban J connectivity index is 1.48. The molecule has 1 atom stereocenters. The van der Waals surface area contributed by atoms with E-state index in [2.05, 4.69) is 51.9 Å². The summed E-state index contributed by atoms with van der Waals surface area (Å²) < 4.78 is 0. The number of hydrogen-bond donors (Lipinski definition) is 0. The van der Waals surface area contributed by atoms with Crippen LogP contribution in [0.5, 0.6) is 0 Å². The van der Waals surface area contributed by atoms with E-state index in [1.807, 2.05) is 0 Å². The average Bonchev–Trinajstić information content (AvgIpc) is 2.95. The Morgan fingerprint density at radius 3 is 2.50 bits per heavy atom. The molecule has 0 aromatic heterocycles. The van der Waals surface area contributed by atoms with E-state index in [-0.39, 0.29) is 0 Å². The van der Waals surface area contributed by atoms with Gasteiger partial charge >= 0.3 is 0 Å². The molecular weight excluding hydrogens is 240 g/mol. The average molecular weight is 262 g/mol. The molecule has 2 fully saturated rings. The summed E-state index contributed by atoms with van der Waals surface area (Å²) in [5, 5.41) is 0. The summed E-state index contributed by atoms with van der Waals surface area (Å²) in [5.41, 5.74) is 1.45. The van der Waals surface area contributed by atoms with Gasteiger partial charge in [-0.1, -0.05) is 30.3 Å². The highest BCUT2D eigenvalue weighted by molar-refractivity contribution is 7.99. The Morgan fingerprint density at radius 1 is 1.06 bits per heavy atom. The van der Waals surface area contributed by atoms with Crippen molar-refractivity contribution in [2.75, 3.05) is 37.7 Å². The highest BCUT2D eigenvalue weighted by Gasteiger charge is 2.26. The number of rotatable bonds is 3. The van der Waals surface area contributed by atoms with Crippen LogP contribution in [0.15, 0.2) is 30.3 Å². The predicted octanol–water partition coefficient (Wildman–Crippen LogP) is 2.31. The van der Waals surface area contributed by atoms with Gasteiger partial charge in [-0.15, -0.1) is 0 Å². The standard InChI is InChI=1S/C15H22N2S/c1-2-4-14(5-3-1)12-16-7-9-17(10-8-16)15-6-11-18-13-15/h1-5,15H,6-13H2/t15-/m0/s1. The van der Waals surface area contributed by atoms with Crippen LogP contribution in [-0.2, 0) is 6.54 Å².